The van der Waals surface area contributed by atoms with Gasteiger partial charge in [-0.05, 0) is 37.0 Å². The summed E-state index contributed by atoms with van der Waals surface area (Å²) in [6.45, 7) is 0. The molecule has 0 aliphatic rings. The van der Waals surface area contributed by atoms with E-state index in [1.54, 1.807) is 12.3 Å². The lowest BCUT2D eigenvalue weighted by atomic mass is 10.0. The van der Waals surface area contributed by atoms with E-state index in [9.17, 15) is 5.11 Å². The summed E-state index contributed by atoms with van der Waals surface area (Å²) >= 11 is 0. The molecule has 0 aliphatic heterocycles. The molecule has 0 saturated heterocycles. The molecule has 3 aromatic rings. The van der Waals surface area contributed by atoms with Crippen molar-refractivity contribution in [3.63, 3.8) is 0 Å². The molecule has 1 aromatic carbocycles. The normalized spacial score (nSPS) is 12.2. The maximum atomic E-state index is 10.2. The molecular weight excluding hydrogens is 314 g/mol. The average molecular weight is 337 g/mol. The molecule has 3 rings (SSSR count). The van der Waals surface area contributed by atoms with Crippen LogP contribution < -0.4 is 0 Å². The number of pyridine rings is 1. The van der Waals surface area contributed by atoms with Crippen molar-refractivity contribution in [3.8, 4) is 11.6 Å². The van der Waals surface area contributed by atoms with Gasteiger partial charge in [0, 0.05) is 6.20 Å². The fraction of sp³-hybridized carbons (Fsp3) is 0.350. The van der Waals surface area contributed by atoms with Gasteiger partial charge in [-0.25, -0.2) is 0 Å². The molecule has 5 nitrogen and oxygen atoms in total. The summed E-state index contributed by atoms with van der Waals surface area (Å²) in [7, 11) is 0. The Morgan fingerprint density at radius 3 is 2.52 bits per heavy atom. The highest BCUT2D eigenvalue weighted by atomic mass is 16.5. The minimum absolute atomic E-state index is 0.338. The highest BCUT2D eigenvalue weighted by Gasteiger charge is 2.16. The Morgan fingerprint density at radius 2 is 1.72 bits per heavy atom. The number of aliphatic hydroxyl groups is 1. The molecule has 5 heteroatoms. The third-order valence-electron chi connectivity index (χ3n) is 4.16. The van der Waals surface area contributed by atoms with Crippen LogP contribution in [0.5, 0.6) is 0 Å². The first kappa shape index (κ1) is 17.3. The first-order chi connectivity index (χ1) is 12.3. The van der Waals surface area contributed by atoms with Crippen LogP contribution in [0.15, 0.2) is 59.3 Å². The zero-order valence-corrected chi connectivity index (χ0v) is 14.2. The van der Waals surface area contributed by atoms with Gasteiger partial charge in [0.1, 0.15) is 11.8 Å². The fourth-order valence-electron chi connectivity index (χ4n) is 2.76. The average Bonchev–Trinajstić information content (AvgIpc) is 3.16. The number of nitrogens with zero attached hydrogens (tertiary/aromatic N) is 3. The molecule has 0 fully saturated rings. The lowest BCUT2D eigenvalue weighted by Crippen LogP contribution is -2.00. The van der Waals surface area contributed by atoms with Gasteiger partial charge in [0.2, 0.25) is 5.82 Å². The number of aliphatic hydroxyl groups excluding tert-OH is 1. The molecule has 1 atom stereocenters. The van der Waals surface area contributed by atoms with Gasteiger partial charge in [0.05, 0.1) is 0 Å². The van der Waals surface area contributed by atoms with Crippen molar-refractivity contribution in [1.82, 2.24) is 15.1 Å². The molecule has 0 saturated carbocycles. The van der Waals surface area contributed by atoms with Gasteiger partial charge in [-0.3, -0.25) is 4.98 Å². The van der Waals surface area contributed by atoms with Crippen LogP contribution in [-0.4, -0.2) is 20.2 Å². The Labute approximate surface area is 147 Å². The van der Waals surface area contributed by atoms with Gasteiger partial charge in [-0.15, -0.1) is 0 Å². The van der Waals surface area contributed by atoms with Crippen LogP contribution in [0.2, 0.25) is 0 Å². The molecular formula is C20H23N3O2. The molecule has 0 spiro atoms. The topological polar surface area (TPSA) is 72.0 Å². The van der Waals surface area contributed by atoms with Gasteiger partial charge in [-0.1, -0.05) is 60.8 Å². The zero-order chi connectivity index (χ0) is 17.3. The molecule has 0 amide bonds. The highest BCUT2D eigenvalue weighted by Crippen LogP contribution is 2.21. The Bertz CT molecular complexity index is 744. The molecule has 2 heterocycles. The quantitative estimate of drug-likeness (QED) is 0.587. The summed E-state index contributed by atoms with van der Waals surface area (Å²) in [4.78, 5) is 8.41. The zero-order valence-electron chi connectivity index (χ0n) is 14.2. The van der Waals surface area contributed by atoms with E-state index in [1.807, 2.05) is 18.2 Å². The minimum Gasteiger partial charge on any atom is -0.385 e. The number of hydrogen-bond acceptors (Lipinski definition) is 5. The summed E-state index contributed by atoms with van der Waals surface area (Å²) in [5, 5.41) is 14.1. The lowest BCUT2D eigenvalue weighted by Gasteiger charge is -2.06. The number of rotatable bonds is 9. The van der Waals surface area contributed by atoms with Crippen molar-refractivity contribution in [2.75, 3.05) is 0 Å². The van der Waals surface area contributed by atoms with Crippen molar-refractivity contribution in [2.24, 2.45) is 0 Å². The van der Waals surface area contributed by atoms with Crippen molar-refractivity contribution in [2.45, 2.75) is 44.6 Å². The van der Waals surface area contributed by atoms with Crippen molar-refractivity contribution >= 4 is 0 Å². The summed E-state index contributed by atoms with van der Waals surface area (Å²) in [5.74, 6) is 0.683. The summed E-state index contributed by atoms with van der Waals surface area (Å²) < 4.78 is 5.18. The van der Waals surface area contributed by atoms with Gasteiger partial charge < -0.3 is 9.63 Å². The van der Waals surface area contributed by atoms with Crippen LogP contribution in [0.3, 0.4) is 0 Å². The van der Waals surface area contributed by atoms with Crippen molar-refractivity contribution in [1.29, 1.82) is 0 Å². The second kappa shape index (κ2) is 9.08. The second-order valence-corrected chi connectivity index (χ2v) is 6.13. The summed E-state index contributed by atoms with van der Waals surface area (Å²) in [5.41, 5.74) is 2.01. The van der Waals surface area contributed by atoms with Crippen LogP contribution in [-0.2, 0) is 6.42 Å². The number of aromatic nitrogens is 3. The third-order valence-corrected chi connectivity index (χ3v) is 4.16. The smallest absolute Gasteiger partial charge is 0.276 e. The van der Waals surface area contributed by atoms with E-state index < -0.39 is 6.10 Å². The summed E-state index contributed by atoms with van der Waals surface area (Å²) in [6, 6.07) is 16.0. The lowest BCUT2D eigenvalue weighted by molar-refractivity contribution is 0.150. The van der Waals surface area contributed by atoms with Gasteiger partial charge in [-0.2, -0.15) is 4.98 Å². The van der Waals surface area contributed by atoms with Crippen LogP contribution >= 0.6 is 0 Å². The highest BCUT2D eigenvalue weighted by molar-refractivity contribution is 5.45. The predicted octanol–water partition coefficient (Wildman–Crippen LogP) is 4.36. The van der Waals surface area contributed by atoms with E-state index in [0.29, 0.717) is 23.8 Å². The largest absolute Gasteiger partial charge is 0.385 e. The van der Waals surface area contributed by atoms with E-state index in [-0.39, 0.29) is 0 Å². The number of unbranched alkanes of at least 4 members (excludes halogenated alkanes) is 3. The van der Waals surface area contributed by atoms with Crippen LogP contribution in [0.4, 0.5) is 0 Å². The molecule has 0 radical (unpaired) electrons. The monoisotopic (exact) mass is 337 g/mol. The Balaban J connectivity index is 1.37. The van der Waals surface area contributed by atoms with E-state index in [2.05, 4.69) is 39.4 Å². The molecule has 1 N–H and O–H groups in total. The first-order valence-corrected chi connectivity index (χ1v) is 8.80. The van der Waals surface area contributed by atoms with E-state index >= 15 is 0 Å². The molecule has 2 aromatic heterocycles. The fourth-order valence-corrected chi connectivity index (χ4v) is 2.76. The number of aryl methyl sites for hydroxylation is 1. The Kier molecular flexibility index (Phi) is 6.29. The standard InChI is InChI=1S/C20H23N3O2/c24-18(14-7-2-1-4-10-16-11-5-3-6-12-16)19-22-20(25-23-19)17-13-8-9-15-21-17/h3,5-6,8-9,11-13,15,18,24H,1-2,4,7,10,14H2. The SMILES string of the molecule is OC(CCCCCCc1ccccc1)c1noc(-c2ccccn2)n1. The van der Waals surface area contributed by atoms with Crippen molar-refractivity contribution in [3.05, 3.63) is 66.1 Å². The minimum atomic E-state index is -0.685. The van der Waals surface area contributed by atoms with Gasteiger partial charge >= 0.3 is 0 Å². The van der Waals surface area contributed by atoms with Crippen LogP contribution in [0.25, 0.3) is 11.6 Å². The van der Waals surface area contributed by atoms with E-state index in [0.717, 1.165) is 25.7 Å². The Morgan fingerprint density at radius 1 is 0.920 bits per heavy atom. The summed E-state index contributed by atoms with van der Waals surface area (Å²) in [6.07, 6.45) is 7.12. The maximum absolute atomic E-state index is 10.2. The number of benzene rings is 1. The van der Waals surface area contributed by atoms with Gasteiger partial charge in [0.25, 0.3) is 5.89 Å². The number of hydrogen-bond donors (Lipinski definition) is 1. The second-order valence-electron chi connectivity index (χ2n) is 6.13. The van der Waals surface area contributed by atoms with E-state index in [1.165, 1.54) is 12.0 Å². The predicted molar refractivity (Wildman–Crippen MR) is 95.7 cm³/mol. The van der Waals surface area contributed by atoms with E-state index in [4.69, 9.17) is 4.52 Å². The Hall–Kier alpha value is -2.53. The molecule has 0 bridgehead atoms. The van der Waals surface area contributed by atoms with Crippen molar-refractivity contribution < 1.29 is 9.63 Å². The van der Waals surface area contributed by atoms with Crippen LogP contribution in [0, 0.1) is 0 Å². The molecule has 130 valence electrons. The third kappa shape index (κ3) is 5.22. The molecule has 0 aliphatic carbocycles. The maximum Gasteiger partial charge on any atom is 0.276 e. The van der Waals surface area contributed by atoms with Crippen LogP contribution in [0.1, 0.15) is 49.6 Å². The molecule has 25 heavy (non-hydrogen) atoms. The first-order valence-electron chi connectivity index (χ1n) is 8.80. The van der Waals surface area contributed by atoms with Gasteiger partial charge in [0.15, 0.2) is 0 Å². The molecule has 1 unspecified atom stereocenters.